The lowest BCUT2D eigenvalue weighted by molar-refractivity contribution is -0.129. The number of aromatic nitrogens is 2. The molecule has 1 aliphatic rings. The topological polar surface area (TPSA) is 78.4 Å². The molecule has 7 nitrogen and oxygen atoms in total. The van der Waals surface area contributed by atoms with Crippen LogP contribution in [0.4, 0.5) is 11.5 Å². The van der Waals surface area contributed by atoms with Crippen LogP contribution in [0.2, 0.25) is 0 Å². The highest BCUT2D eigenvalue weighted by Gasteiger charge is 2.20. The predicted molar refractivity (Wildman–Crippen MR) is 100 cm³/mol. The minimum Gasteiger partial charge on any atom is -0.353 e. The van der Waals surface area contributed by atoms with Crippen LogP contribution in [0.5, 0.6) is 0 Å². The number of benzene rings is 1. The Bertz CT molecular complexity index is 828. The predicted octanol–water partition coefficient (Wildman–Crippen LogP) is 2.01. The number of carbonyl (C=O) groups is 2. The quantitative estimate of drug-likeness (QED) is 0.913. The number of nitrogens with one attached hydrogen (secondary N) is 1. The van der Waals surface area contributed by atoms with Crippen LogP contribution in [-0.2, 0) is 4.79 Å². The molecular formula is C19H23N5O2. The summed E-state index contributed by atoms with van der Waals surface area (Å²) in [5, 5.41) is 2.88. The average molecular weight is 353 g/mol. The summed E-state index contributed by atoms with van der Waals surface area (Å²) >= 11 is 0. The number of carbonyl (C=O) groups excluding carboxylic acids is 2. The summed E-state index contributed by atoms with van der Waals surface area (Å²) in [5.74, 6) is 0.522. The minimum absolute atomic E-state index is 0.0841. The molecule has 26 heavy (non-hydrogen) atoms. The van der Waals surface area contributed by atoms with Gasteiger partial charge < -0.3 is 15.1 Å². The first-order chi connectivity index (χ1) is 12.4. The second-order valence-corrected chi connectivity index (χ2v) is 6.51. The Balaban J connectivity index is 1.69. The van der Waals surface area contributed by atoms with Crippen LogP contribution in [0, 0.1) is 13.8 Å². The Hall–Kier alpha value is -2.96. The second kappa shape index (κ2) is 7.51. The van der Waals surface area contributed by atoms with Gasteiger partial charge in [-0.1, -0.05) is 6.07 Å². The van der Waals surface area contributed by atoms with Crippen LogP contribution < -0.4 is 10.2 Å². The summed E-state index contributed by atoms with van der Waals surface area (Å²) in [6.07, 6.45) is 1.40. The molecular weight excluding hydrogens is 330 g/mol. The van der Waals surface area contributed by atoms with Crippen molar-refractivity contribution in [3.05, 3.63) is 47.4 Å². The highest BCUT2D eigenvalue weighted by Crippen LogP contribution is 2.17. The van der Waals surface area contributed by atoms with E-state index in [2.05, 4.69) is 20.2 Å². The molecule has 0 unspecified atom stereocenters. The lowest BCUT2D eigenvalue weighted by atomic mass is 10.1. The van der Waals surface area contributed by atoms with Gasteiger partial charge in [0.2, 0.25) is 5.91 Å². The van der Waals surface area contributed by atoms with Crippen LogP contribution in [0.3, 0.4) is 0 Å². The number of hydrogen-bond donors (Lipinski definition) is 1. The van der Waals surface area contributed by atoms with Crippen LogP contribution in [0.15, 0.2) is 30.6 Å². The summed E-state index contributed by atoms with van der Waals surface area (Å²) in [6, 6.07) is 7.49. The van der Waals surface area contributed by atoms with Crippen LogP contribution in [0.1, 0.15) is 28.5 Å². The smallest absolute Gasteiger partial charge is 0.274 e. The van der Waals surface area contributed by atoms with Gasteiger partial charge in [0, 0.05) is 44.9 Å². The largest absolute Gasteiger partial charge is 0.353 e. The lowest BCUT2D eigenvalue weighted by Crippen LogP contribution is -2.48. The van der Waals surface area contributed by atoms with Crippen molar-refractivity contribution in [2.45, 2.75) is 20.8 Å². The van der Waals surface area contributed by atoms with Crippen LogP contribution >= 0.6 is 0 Å². The number of nitrogens with zero attached hydrogens (tertiary/aromatic N) is 4. The molecule has 1 aliphatic heterocycles. The molecule has 1 fully saturated rings. The highest BCUT2D eigenvalue weighted by molar-refractivity contribution is 6.03. The number of aryl methyl sites for hydroxylation is 2. The third-order valence-electron chi connectivity index (χ3n) is 4.70. The number of hydrogen-bond acceptors (Lipinski definition) is 5. The van der Waals surface area contributed by atoms with E-state index in [1.807, 2.05) is 36.9 Å². The van der Waals surface area contributed by atoms with E-state index >= 15 is 0 Å². The van der Waals surface area contributed by atoms with E-state index in [9.17, 15) is 9.59 Å². The molecule has 136 valence electrons. The number of anilines is 2. The average Bonchev–Trinajstić information content (AvgIpc) is 2.65. The standard InChI is InChI=1S/C19H23N5O2/c1-13-4-5-16(10-14(13)2)22-19(26)17-11-18(21-12-20-17)24-8-6-23(7-9-24)15(3)25/h4-5,10-12H,6-9H2,1-3H3,(H,22,26). The number of piperazine rings is 1. The van der Waals surface area contributed by atoms with Gasteiger partial charge in [0.1, 0.15) is 17.8 Å². The van der Waals surface area contributed by atoms with Gasteiger partial charge in [0.25, 0.3) is 5.91 Å². The monoisotopic (exact) mass is 353 g/mol. The molecule has 7 heteroatoms. The van der Waals surface area contributed by atoms with E-state index < -0.39 is 0 Å². The SMILES string of the molecule is CC(=O)N1CCN(c2cc(C(=O)Nc3ccc(C)c(C)c3)ncn2)CC1. The first-order valence-electron chi connectivity index (χ1n) is 8.65. The first-order valence-corrected chi connectivity index (χ1v) is 8.65. The zero-order valence-electron chi connectivity index (χ0n) is 15.3. The summed E-state index contributed by atoms with van der Waals surface area (Å²) < 4.78 is 0. The molecule has 0 bridgehead atoms. The van der Waals surface area contributed by atoms with Crippen LogP contribution in [-0.4, -0.2) is 52.9 Å². The van der Waals surface area contributed by atoms with E-state index in [1.165, 1.54) is 11.9 Å². The normalized spacial score (nSPS) is 14.3. The van der Waals surface area contributed by atoms with E-state index in [1.54, 1.807) is 13.0 Å². The van der Waals surface area contributed by atoms with Crippen LogP contribution in [0.25, 0.3) is 0 Å². The Morgan fingerprint density at radius 3 is 2.38 bits per heavy atom. The molecule has 0 saturated carbocycles. The highest BCUT2D eigenvalue weighted by atomic mass is 16.2. The molecule has 2 heterocycles. The van der Waals surface area contributed by atoms with Crippen molar-refractivity contribution >= 4 is 23.3 Å². The maximum atomic E-state index is 12.5. The van der Waals surface area contributed by atoms with Gasteiger partial charge in [-0.3, -0.25) is 9.59 Å². The summed E-state index contributed by atoms with van der Waals surface area (Å²) in [4.78, 5) is 36.2. The zero-order valence-corrected chi connectivity index (χ0v) is 15.3. The summed E-state index contributed by atoms with van der Waals surface area (Å²) in [5.41, 5.74) is 3.36. The van der Waals surface area contributed by atoms with Crippen molar-refractivity contribution in [1.82, 2.24) is 14.9 Å². The molecule has 1 N–H and O–H groups in total. The molecule has 0 radical (unpaired) electrons. The van der Waals surface area contributed by atoms with Gasteiger partial charge in [-0.15, -0.1) is 0 Å². The molecule has 1 aromatic heterocycles. The van der Waals surface area contributed by atoms with Gasteiger partial charge >= 0.3 is 0 Å². The van der Waals surface area contributed by atoms with E-state index in [-0.39, 0.29) is 11.8 Å². The second-order valence-electron chi connectivity index (χ2n) is 6.51. The Labute approximate surface area is 153 Å². The first kappa shape index (κ1) is 17.8. The Kier molecular flexibility index (Phi) is 5.16. The molecule has 0 aliphatic carbocycles. The van der Waals surface area contributed by atoms with Gasteiger partial charge in [-0.25, -0.2) is 9.97 Å². The van der Waals surface area contributed by atoms with Crippen molar-refractivity contribution < 1.29 is 9.59 Å². The summed E-state index contributed by atoms with van der Waals surface area (Å²) in [6.45, 7) is 8.31. The van der Waals surface area contributed by atoms with E-state index in [0.717, 1.165) is 11.3 Å². The van der Waals surface area contributed by atoms with Gasteiger partial charge in [0.15, 0.2) is 0 Å². The van der Waals surface area contributed by atoms with E-state index in [4.69, 9.17) is 0 Å². The fourth-order valence-electron chi connectivity index (χ4n) is 2.91. The Morgan fingerprint density at radius 2 is 1.73 bits per heavy atom. The van der Waals surface area contributed by atoms with Gasteiger partial charge in [-0.2, -0.15) is 0 Å². The van der Waals surface area contributed by atoms with Crippen molar-refractivity contribution in [3.63, 3.8) is 0 Å². The third kappa shape index (κ3) is 3.99. The lowest BCUT2D eigenvalue weighted by Gasteiger charge is -2.34. The molecule has 3 rings (SSSR count). The molecule has 1 saturated heterocycles. The number of rotatable bonds is 3. The Morgan fingerprint density at radius 1 is 1.00 bits per heavy atom. The van der Waals surface area contributed by atoms with Crippen molar-refractivity contribution in [2.24, 2.45) is 0 Å². The molecule has 2 aromatic rings. The number of amides is 2. The molecule has 2 amide bonds. The molecule has 1 aromatic carbocycles. The van der Waals surface area contributed by atoms with Crippen molar-refractivity contribution in [1.29, 1.82) is 0 Å². The maximum Gasteiger partial charge on any atom is 0.274 e. The van der Waals surface area contributed by atoms with Crippen molar-refractivity contribution in [3.8, 4) is 0 Å². The third-order valence-corrected chi connectivity index (χ3v) is 4.70. The molecule has 0 spiro atoms. The zero-order chi connectivity index (χ0) is 18.7. The maximum absolute atomic E-state index is 12.5. The van der Waals surface area contributed by atoms with Gasteiger partial charge in [0.05, 0.1) is 0 Å². The summed E-state index contributed by atoms with van der Waals surface area (Å²) in [7, 11) is 0. The van der Waals surface area contributed by atoms with E-state index in [0.29, 0.717) is 37.7 Å². The molecule has 0 atom stereocenters. The van der Waals surface area contributed by atoms with Crippen molar-refractivity contribution in [2.75, 3.05) is 36.4 Å². The fraction of sp³-hybridized carbons (Fsp3) is 0.368. The minimum atomic E-state index is -0.265. The van der Waals surface area contributed by atoms with Gasteiger partial charge in [-0.05, 0) is 37.1 Å². The fourth-order valence-corrected chi connectivity index (χ4v) is 2.91.